The van der Waals surface area contributed by atoms with E-state index in [-0.39, 0.29) is 6.10 Å². The highest BCUT2D eigenvalue weighted by Crippen LogP contribution is 2.21. The Morgan fingerprint density at radius 3 is 1.85 bits per heavy atom. The maximum atomic E-state index is 5.63. The molecule has 72 valence electrons. The molecule has 0 aliphatic rings. The van der Waals surface area contributed by atoms with E-state index in [0.29, 0.717) is 0 Å². The first-order chi connectivity index (χ1) is 6.00. The van der Waals surface area contributed by atoms with E-state index in [1.807, 2.05) is 13.8 Å². The van der Waals surface area contributed by atoms with E-state index in [2.05, 4.69) is 32.9 Å². The van der Waals surface area contributed by atoms with Gasteiger partial charge in [-0.15, -0.1) is 0 Å². The Hall–Kier alpha value is -0.980. The van der Waals surface area contributed by atoms with Gasteiger partial charge in [0.25, 0.3) is 0 Å². The molecule has 0 heterocycles. The van der Waals surface area contributed by atoms with Crippen LogP contribution in [-0.4, -0.2) is 6.10 Å². The summed E-state index contributed by atoms with van der Waals surface area (Å²) in [6.45, 7) is 10.5. The molecule has 0 bridgehead atoms. The molecule has 0 fully saturated rings. The Kier molecular flexibility index (Phi) is 2.97. The monoisotopic (exact) mass is 178 g/mol. The van der Waals surface area contributed by atoms with Gasteiger partial charge in [-0.25, -0.2) is 0 Å². The summed E-state index contributed by atoms with van der Waals surface area (Å²) >= 11 is 0. The molecule has 0 saturated carbocycles. The van der Waals surface area contributed by atoms with Crippen LogP contribution in [0.4, 0.5) is 0 Å². The average Bonchev–Trinajstić information content (AvgIpc) is 1.98. The highest BCUT2D eigenvalue weighted by Gasteiger charge is 2.02. The minimum Gasteiger partial charge on any atom is -0.491 e. The zero-order chi connectivity index (χ0) is 10.0. The predicted octanol–water partition coefficient (Wildman–Crippen LogP) is 3.40. The molecular formula is C12H18O. The normalized spacial score (nSPS) is 10.6. The lowest BCUT2D eigenvalue weighted by molar-refractivity contribution is 0.242. The molecule has 0 unspecified atom stereocenters. The van der Waals surface area contributed by atoms with Crippen molar-refractivity contribution in [3.8, 4) is 5.75 Å². The van der Waals surface area contributed by atoms with Gasteiger partial charge >= 0.3 is 0 Å². The van der Waals surface area contributed by atoms with E-state index >= 15 is 0 Å². The van der Waals surface area contributed by atoms with E-state index in [1.54, 1.807) is 0 Å². The number of ether oxygens (including phenoxy) is 1. The summed E-state index contributed by atoms with van der Waals surface area (Å²) in [6.07, 6.45) is 0.251. The van der Waals surface area contributed by atoms with Crippen molar-refractivity contribution in [2.75, 3.05) is 0 Å². The average molecular weight is 178 g/mol. The lowest BCUT2D eigenvalue weighted by atomic mass is 10.0. The Morgan fingerprint density at radius 1 is 1.00 bits per heavy atom. The van der Waals surface area contributed by atoms with Crippen LogP contribution < -0.4 is 4.74 Å². The molecular weight excluding hydrogens is 160 g/mol. The Labute approximate surface area is 80.7 Å². The van der Waals surface area contributed by atoms with Gasteiger partial charge < -0.3 is 4.74 Å². The van der Waals surface area contributed by atoms with Crippen molar-refractivity contribution >= 4 is 0 Å². The third-order valence-electron chi connectivity index (χ3n) is 2.27. The molecule has 1 heteroatoms. The minimum atomic E-state index is 0.251. The van der Waals surface area contributed by atoms with Gasteiger partial charge in [-0.3, -0.25) is 0 Å². The summed E-state index contributed by atoms with van der Waals surface area (Å²) in [5.74, 6) is 0.982. The quantitative estimate of drug-likeness (QED) is 0.674. The second-order valence-electron chi connectivity index (χ2n) is 3.85. The number of aryl methyl sites for hydroxylation is 2. The van der Waals surface area contributed by atoms with E-state index in [0.717, 1.165) is 5.75 Å². The zero-order valence-corrected chi connectivity index (χ0v) is 9.14. The topological polar surface area (TPSA) is 9.23 Å². The van der Waals surface area contributed by atoms with Crippen LogP contribution in [0.15, 0.2) is 12.1 Å². The van der Waals surface area contributed by atoms with E-state index in [4.69, 9.17) is 4.74 Å². The molecule has 0 atom stereocenters. The molecule has 0 spiro atoms. The third-order valence-corrected chi connectivity index (χ3v) is 2.27. The van der Waals surface area contributed by atoms with Gasteiger partial charge in [0.05, 0.1) is 6.10 Å². The number of hydrogen-bond acceptors (Lipinski definition) is 1. The van der Waals surface area contributed by atoms with E-state index < -0.39 is 0 Å². The van der Waals surface area contributed by atoms with Crippen molar-refractivity contribution < 1.29 is 4.74 Å². The van der Waals surface area contributed by atoms with Crippen molar-refractivity contribution in [2.45, 2.75) is 40.7 Å². The summed E-state index contributed by atoms with van der Waals surface area (Å²) in [5, 5.41) is 0. The lowest BCUT2D eigenvalue weighted by Crippen LogP contribution is -2.06. The smallest absolute Gasteiger partial charge is 0.120 e. The van der Waals surface area contributed by atoms with E-state index in [9.17, 15) is 0 Å². The zero-order valence-electron chi connectivity index (χ0n) is 9.14. The fraction of sp³-hybridized carbons (Fsp3) is 0.500. The molecule has 0 N–H and O–H groups in total. The summed E-state index contributed by atoms with van der Waals surface area (Å²) in [6, 6.07) is 4.20. The highest BCUT2D eigenvalue weighted by atomic mass is 16.5. The summed E-state index contributed by atoms with van der Waals surface area (Å²) in [5.41, 5.74) is 3.96. The minimum absolute atomic E-state index is 0.251. The van der Waals surface area contributed by atoms with Gasteiger partial charge in [-0.05, 0) is 63.4 Å². The molecule has 1 aromatic carbocycles. The van der Waals surface area contributed by atoms with Crippen LogP contribution in [0.2, 0.25) is 0 Å². The van der Waals surface area contributed by atoms with E-state index in [1.165, 1.54) is 16.7 Å². The van der Waals surface area contributed by atoms with Crippen LogP contribution in [0.3, 0.4) is 0 Å². The Balaban J connectivity index is 2.99. The molecule has 0 amide bonds. The molecule has 0 radical (unpaired) electrons. The van der Waals surface area contributed by atoms with Crippen molar-refractivity contribution in [3.05, 3.63) is 28.8 Å². The van der Waals surface area contributed by atoms with Crippen molar-refractivity contribution in [3.63, 3.8) is 0 Å². The molecule has 0 aromatic heterocycles. The lowest BCUT2D eigenvalue weighted by Gasteiger charge is -2.13. The third kappa shape index (κ3) is 2.48. The molecule has 0 saturated heterocycles. The first-order valence-corrected chi connectivity index (χ1v) is 4.75. The maximum absolute atomic E-state index is 5.63. The van der Waals surface area contributed by atoms with Crippen LogP contribution in [0.5, 0.6) is 5.75 Å². The highest BCUT2D eigenvalue weighted by molar-refractivity contribution is 5.40. The summed E-state index contributed by atoms with van der Waals surface area (Å²) in [4.78, 5) is 0. The summed E-state index contributed by atoms with van der Waals surface area (Å²) < 4.78 is 5.63. The second-order valence-corrected chi connectivity index (χ2v) is 3.85. The largest absolute Gasteiger partial charge is 0.491 e. The number of hydrogen-bond donors (Lipinski definition) is 0. The molecule has 0 aliphatic carbocycles. The maximum Gasteiger partial charge on any atom is 0.120 e. The predicted molar refractivity (Wildman–Crippen MR) is 56.4 cm³/mol. The Morgan fingerprint density at radius 2 is 1.46 bits per heavy atom. The van der Waals surface area contributed by atoms with Gasteiger partial charge in [-0.1, -0.05) is 0 Å². The molecule has 1 nitrogen and oxygen atoms in total. The number of rotatable bonds is 2. The molecule has 0 aliphatic heterocycles. The molecule has 13 heavy (non-hydrogen) atoms. The van der Waals surface area contributed by atoms with Crippen LogP contribution in [0, 0.1) is 20.8 Å². The van der Waals surface area contributed by atoms with Crippen LogP contribution in [0.25, 0.3) is 0 Å². The first-order valence-electron chi connectivity index (χ1n) is 4.75. The summed E-state index contributed by atoms with van der Waals surface area (Å²) in [7, 11) is 0. The fourth-order valence-electron chi connectivity index (χ4n) is 1.34. The van der Waals surface area contributed by atoms with Crippen molar-refractivity contribution in [1.29, 1.82) is 0 Å². The Bertz CT molecular complexity index is 277. The SMILES string of the molecule is Cc1cc(OC(C)C)cc(C)c1C. The van der Waals surface area contributed by atoms with Crippen molar-refractivity contribution in [2.24, 2.45) is 0 Å². The van der Waals surface area contributed by atoms with Gasteiger partial charge in [0.2, 0.25) is 0 Å². The van der Waals surface area contributed by atoms with Gasteiger partial charge in [0.15, 0.2) is 0 Å². The molecule has 1 aromatic rings. The fourth-order valence-corrected chi connectivity index (χ4v) is 1.34. The van der Waals surface area contributed by atoms with Gasteiger partial charge in [-0.2, -0.15) is 0 Å². The second kappa shape index (κ2) is 3.82. The standard InChI is InChI=1S/C12H18O/c1-8(2)13-12-6-9(3)11(5)10(4)7-12/h6-8H,1-5H3. The van der Waals surface area contributed by atoms with Gasteiger partial charge in [0, 0.05) is 0 Å². The van der Waals surface area contributed by atoms with Crippen LogP contribution >= 0.6 is 0 Å². The molecule has 1 rings (SSSR count). The number of benzene rings is 1. The van der Waals surface area contributed by atoms with Crippen LogP contribution in [-0.2, 0) is 0 Å². The van der Waals surface area contributed by atoms with Crippen molar-refractivity contribution in [1.82, 2.24) is 0 Å². The van der Waals surface area contributed by atoms with Gasteiger partial charge in [0.1, 0.15) is 5.75 Å². The van der Waals surface area contributed by atoms with Crippen LogP contribution in [0.1, 0.15) is 30.5 Å². The first kappa shape index (κ1) is 10.1.